The summed E-state index contributed by atoms with van der Waals surface area (Å²) in [5.74, 6) is 1.47. The lowest BCUT2D eigenvalue weighted by Gasteiger charge is -2.39. The molecule has 0 saturated heterocycles. The van der Waals surface area contributed by atoms with Gasteiger partial charge in [0.25, 0.3) is 0 Å². The summed E-state index contributed by atoms with van der Waals surface area (Å²) in [6.45, 7) is 2.11. The molecule has 6 nitrogen and oxygen atoms in total. The smallest absolute Gasteiger partial charge is 0.183 e. The number of Topliss-reactive ketones (excluding diaryl/α,β-unsaturated/α-hetero) is 3. The molecular formula is C35H46N2O4. The maximum Gasteiger partial charge on any atom is 0.183 e. The Morgan fingerprint density at radius 2 is 1.80 bits per heavy atom. The van der Waals surface area contributed by atoms with Crippen LogP contribution in [0.5, 0.6) is 0 Å². The summed E-state index contributed by atoms with van der Waals surface area (Å²) in [5, 5.41) is 10.4. The zero-order valence-corrected chi connectivity index (χ0v) is 24.3. The van der Waals surface area contributed by atoms with Crippen LogP contribution in [-0.4, -0.2) is 28.7 Å². The van der Waals surface area contributed by atoms with E-state index in [-0.39, 0.29) is 30.8 Å². The number of benzene rings is 1. The Balaban J connectivity index is 0.00000242. The van der Waals surface area contributed by atoms with E-state index in [9.17, 15) is 19.5 Å². The Morgan fingerprint density at radius 3 is 2.54 bits per heavy atom. The monoisotopic (exact) mass is 558 g/mol. The number of fused-ring (bicyclic) bond motifs is 1. The predicted octanol–water partition coefficient (Wildman–Crippen LogP) is 7.58. The van der Waals surface area contributed by atoms with Crippen molar-refractivity contribution < 1.29 is 20.9 Å². The van der Waals surface area contributed by atoms with Gasteiger partial charge in [-0.15, -0.1) is 0 Å². The molecular weight excluding hydrogens is 512 g/mol. The Bertz CT molecular complexity index is 1300. The highest BCUT2D eigenvalue weighted by molar-refractivity contribution is 5.99. The predicted molar refractivity (Wildman–Crippen MR) is 165 cm³/mol. The van der Waals surface area contributed by atoms with Gasteiger partial charge in [0, 0.05) is 38.2 Å². The van der Waals surface area contributed by atoms with Crippen molar-refractivity contribution in [3.8, 4) is 0 Å². The third-order valence-electron chi connectivity index (χ3n) is 9.49. The minimum absolute atomic E-state index is 0. The molecule has 4 aliphatic rings. The third kappa shape index (κ3) is 7.28. The summed E-state index contributed by atoms with van der Waals surface area (Å²) in [4.78, 5) is 44.5. The molecule has 5 rings (SSSR count). The topological polar surface area (TPSA) is 119 Å². The number of carbonyl (C=O) groups is 3. The standard InChI is InChI=1S/C35H41NO4.H3N.H2/c1-2-24-7-9-25(10-8-24)22-28(37)17-20-35(33(39)14-12-29-30-23-27(30)11-13-32(29)38)18-15-26(16-19-35)34(40)31-6-4-3-5-21-36-31;;/h3,5-11,13,21,26-27,30,38H,2,4,12,14-20,22-23H2,1H3;1H3;1H. The molecule has 0 spiro atoms. The van der Waals surface area contributed by atoms with Crippen LogP contribution < -0.4 is 6.15 Å². The summed E-state index contributed by atoms with van der Waals surface area (Å²) in [6.07, 6.45) is 18.7. The molecule has 2 saturated carbocycles. The summed E-state index contributed by atoms with van der Waals surface area (Å²) in [7, 11) is 0. The lowest BCUT2D eigenvalue weighted by molar-refractivity contribution is -0.134. The van der Waals surface area contributed by atoms with Crippen molar-refractivity contribution in [1.29, 1.82) is 0 Å². The fourth-order valence-corrected chi connectivity index (χ4v) is 6.72. The first-order chi connectivity index (χ1) is 19.4. The van der Waals surface area contributed by atoms with Gasteiger partial charge >= 0.3 is 0 Å². The van der Waals surface area contributed by atoms with E-state index < -0.39 is 5.41 Å². The van der Waals surface area contributed by atoms with Crippen LogP contribution in [0.2, 0.25) is 0 Å². The third-order valence-corrected chi connectivity index (χ3v) is 9.49. The number of aliphatic hydroxyl groups excluding tert-OH is 1. The lowest BCUT2D eigenvalue weighted by Crippen LogP contribution is -2.38. The van der Waals surface area contributed by atoms with Crippen LogP contribution in [-0.2, 0) is 27.2 Å². The van der Waals surface area contributed by atoms with E-state index in [1.165, 1.54) is 5.56 Å². The highest BCUT2D eigenvalue weighted by Crippen LogP contribution is 2.51. The van der Waals surface area contributed by atoms with Gasteiger partial charge in [0.2, 0.25) is 0 Å². The maximum atomic E-state index is 13.9. The summed E-state index contributed by atoms with van der Waals surface area (Å²) in [5.41, 5.74) is 3.20. The molecule has 3 aliphatic carbocycles. The second kappa shape index (κ2) is 13.5. The van der Waals surface area contributed by atoms with E-state index in [2.05, 4.69) is 30.1 Å². The van der Waals surface area contributed by atoms with Crippen molar-refractivity contribution >= 4 is 23.6 Å². The van der Waals surface area contributed by atoms with Crippen LogP contribution in [0, 0.1) is 23.2 Å². The zero-order chi connectivity index (χ0) is 28.1. The first-order valence-electron chi connectivity index (χ1n) is 15.0. The van der Waals surface area contributed by atoms with Gasteiger partial charge in [-0.25, -0.2) is 0 Å². The highest BCUT2D eigenvalue weighted by atomic mass is 16.3. The number of aliphatic hydroxyl groups is 1. The van der Waals surface area contributed by atoms with Crippen LogP contribution in [0.1, 0.15) is 83.7 Å². The van der Waals surface area contributed by atoms with Gasteiger partial charge in [0.15, 0.2) is 5.78 Å². The second-order valence-electron chi connectivity index (χ2n) is 12.0. The number of aliphatic imine (C=N–C) groups is 1. The SMILES string of the molecule is CCc1ccc(CC(=O)CCC2(C(=O)CCC3=C(O)C=CC4CC34)CCC(C(=O)C3=CCC=CC=N3)CC2)cc1.N.[HH]. The maximum absolute atomic E-state index is 13.9. The van der Waals surface area contributed by atoms with Gasteiger partial charge < -0.3 is 11.3 Å². The van der Waals surface area contributed by atoms with Crippen LogP contribution in [0.25, 0.3) is 0 Å². The molecule has 2 fully saturated rings. The molecule has 0 aromatic heterocycles. The zero-order valence-electron chi connectivity index (χ0n) is 24.3. The van der Waals surface area contributed by atoms with E-state index in [1.54, 1.807) is 12.3 Å². The van der Waals surface area contributed by atoms with Crippen LogP contribution >= 0.6 is 0 Å². The van der Waals surface area contributed by atoms with E-state index in [0.717, 1.165) is 24.0 Å². The van der Waals surface area contributed by atoms with Crippen molar-refractivity contribution in [2.24, 2.45) is 28.2 Å². The van der Waals surface area contributed by atoms with Gasteiger partial charge in [-0.2, -0.15) is 0 Å². The van der Waals surface area contributed by atoms with E-state index in [4.69, 9.17) is 0 Å². The molecule has 1 aromatic carbocycles. The molecule has 1 heterocycles. The highest BCUT2D eigenvalue weighted by Gasteiger charge is 2.45. The fourth-order valence-electron chi connectivity index (χ4n) is 6.72. The average molecular weight is 559 g/mol. The molecule has 220 valence electrons. The summed E-state index contributed by atoms with van der Waals surface area (Å²) >= 11 is 0. The van der Waals surface area contributed by atoms with E-state index >= 15 is 0 Å². The van der Waals surface area contributed by atoms with E-state index in [1.807, 2.05) is 30.4 Å². The normalized spacial score (nSPS) is 26.5. The summed E-state index contributed by atoms with van der Waals surface area (Å²) < 4.78 is 0. The van der Waals surface area contributed by atoms with Gasteiger partial charge in [0.05, 0.1) is 0 Å². The first-order valence-corrected chi connectivity index (χ1v) is 15.0. The van der Waals surface area contributed by atoms with Crippen molar-refractivity contribution in [3.05, 3.63) is 82.8 Å². The Hall–Kier alpha value is -3.38. The second-order valence-corrected chi connectivity index (χ2v) is 12.0. The van der Waals surface area contributed by atoms with Crippen molar-refractivity contribution in [3.63, 3.8) is 0 Å². The van der Waals surface area contributed by atoms with Crippen molar-refractivity contribution in [1.82, 2.24) is 6.15 Å². The van der Waals surface area contributed by atoms with Gasteiger partial charge in [-0.05, 0) is 98.5 Å². The molecule has 4 N–H and O–H groups in total. The number of hydrogen-bond donors (Lipinski definition) is 2. The number of ketones is 3. The molecule has 2 unspecified atom stereocenters. The minimum Gasteiger partial charge on any atom is -0.508 e. The summed E-state index contributed by atoms with van der Waals surface area (Å²) in [6, 6.07) is 8.20. The molecule has 0 bridgehead atoms. The van der Waals surface area contributed by atoms with Crippen LogP contribution in [0.15, 0.2) is 76.7 Å². The molecule has 0 amide bonds. The Kier molecular flexibility index (Phi) is 10.1. The fraction of sp³-hybridized carbons (Fsp3) is 0.486. The largest absolute Gasteiger partial charge is 0.508 e. The average Bonchev–Trinajstić information content (AvgIpc) is 3.80. The quantitative estimate of drug-likeness (QED) is 0.274. The number of carbonyl (C=O) groups excluding carboxylic acids is 3. The number of nitrogens with zero attached hydrogens (tertiary/aromatic N) is 1. The Morgan fingerprint density at radius 1 is 1.07 bits per heavy atom. The van der Waals surface area contributed by atoms with Crippen molar-refractivity contribution in [2.75, 3.05) is 0 Å². The van der Waals surface area contributed by atoms with Crippen LogP contribution in [0.4, 0.5) is 0 Å². The number of aryl methyl sites for hydroxylation is 1. The number of hydrogen-bond acceptors (Lipinski definition) is 6. The Labute approximate surface area is 245 Å². The molecule has 0 radical (unpaired) electrons. The van der Waals surface area contributed by atoms with E-state index in [0.29, 0.717) is 87.5 Å². The van der Waals surface area contributed by atoms with Gasteiger partial charge in [-0.1, -0.05) is 49.4 Å². The molecule has 1 aliphatic heterocycles. The van der Waals surface area contributed by atoms with Crippen LogP contribution in [0.3, 0.4) is 0 Å². The molecule has 41 heavy (non-hydrogen) atoms. The molecule has 1 aromatic rings. The lowest BCUT2D eigenvalue weighted by atomic mass is 9.63. The van der Waals surface area contributed by atoms with Crippen molar-refractivity contribution in [2.45, 2.75) is 84.0 Å². The van der Waals surface area contributed by atoms with Gasteiger partial charge in [-0.3, -0.25) is 19.4 Å². The van der Waals surface area contributed by atoms with Gasteiger partial charge in [0.1, 0.15) is 23.0 Å². The first kappa shape index (κ1) is 30.6. The molecule has 2 atom stereocenters. The number of rotatable bonds is 12. The molecule has 6 heteroatoms. The minimum atomic E-state index is -0.592. The number of allylic oxidation sites excluding steroid dienone is 7.